The fourth-order valence-electron chi connectivity index (χ4n) is 7.18. The maximum Gasteiger partial charge on any atom is 0.160 e. The molecule has 3 heterocycles. The second-order valence-corrected chi connectivity index (χ2v) is 14.7. The van der Waals surface area contributed by atoms with Crippen molar-refractivity contribution >= 4 is 63.0 Å². The Balaban J connectivity index is 1.13. The van der Waals surface area contributed by atoms with E-state index in [1.54, 1.807) is 0 Å². The molecule has 0 saturated heterocycles. The van der Waals surface area contributed by atoms with Gasteiger partial charge in [0.1, 0.15) is 0 Å². The zero-order chi connectivity index (χ0) is 33.0. The van der Waals surface area contributed by atoms with Crippen LogP contribution in [0.25, 0.3) is 96.5 Å². The highest BCUT2D eigenvalue weighted by Crippen LogP contribution is 2.42. The molecular weight excluding hydrogens is 645 g/mol. The molecule has 0 aliphatic heterocycles. The van der Waals surface area contributed by atoms with Crippen LogP contribution in [0.3, 0.4) is 0 Å². The zero-order valence-corrected chi connectivity index (χ0v) is 28.5. The van der Waals surface area contributed by atoms with E-state index in [4.69, 9.17) is 9.97 Å². The summed E-state index contributed by atoms with van der Waals surface area (Å²) < 4.78 is 5.22. The average Bonchev–Trinajstić information content (AvgIpc) is 3.77. The van der Waals surface area contributed by atoms with Crippen LogP contribution in [-0.2, 0) is 0 Å². The Labute approximate surface area is 297 Å². The highest BCUT2D eigenvalue weighted by Gasteiger charge is 2.16. The Hall–Kier alpha value is -5.94. The van der Waals surface area contributed by atoms with E-state index in [1.807, 2.05) is 40.9 Å². The van der Waals surface area contributed by atoms with E-state index >= 15 is 0 Å². The zero-order valence-electron chi connectivity index (χ0n) is 26.9. The molecule has 10 rings (SSSR count). The molecule has 50 heavy (non-hydrogen) atoms. The van der Waals surface area contributed by atoms with Gasteiger partial charge in [-0.3, -0.25) is 0 Å². The summed E-state index contributed by atoms with van der Waals surface area (Å²) in [4.78, 5) is 10.4. The van der Waals surface area contributed by atoms with Crippen molar-refractivity contribution in [3.05, 3.63) is 170 Å². The molecule has 0 spiro atoms. The van der Waals surface area contributed by atoms with Crippen molar-refractivity contribution in [3.63, 3.8) is 0 Å². The van der Waals surface area contributed by atoms with Crippen LogP contribution >= 0.6 is 22.7 Å². The third-order valence-electron chi connectivity index (χ3n) is 9.50. The highest BCUT2D eigenvalue weighted by atomic mass is 32.1. The van der Waals surface area contributed by atoms with Gasteiger partial charge in [-0.25, -0.2) is 9.97 Å². The number of thiophene rings is 2. The molecule has 0 atom stereocenters. The van der Waals surface area contributed by atoms with Crippen LogP contribution < -0.4 is 0 Å². The van der Waals surface area contributed by atoms with Crippen LogP contribution in [0.15, 0.2) is 170 Å². The molecule has 234 valence electrons. The second-order valence-electron chi connectivity index (χ2n) is 12.5. The van der Waals surface area contributed by atoms with Gasteiger partial charge in [0.15, 0.2) is 5.82 Å². The molecule has 0 amide bonds. The second kappa shape index (κ2) is 11.9. The van der Waals surface area contributed by atoms with Gasteiger partial charge in [0.2, 0.25) is 0 Å². The lowest BCUT2D eigenvalue weighted by Gasteiger charge is -2.12. The van der Waals surface area contributed by atoms with Gasteiger partial charge in [0.25, 0.3) is 0 Å². The third-order valence-corrected chi connectivity index (χ3v) is 11.8. The number of hydrogen-bond acceptors (Lipinski definition) is 4. The third kappa shape index (κ3) is 4.92. The molecule has 4 heteroatoms. The maximum absolute atomic E-state index is 5.18. The minimum atomic E-state index is 0.714. The van der Waals surface area contributed by atoms with Gasteiger partial charge in [-0.1, -0.05) is 127 Å². The van der Waals surface area contributed by atoms with E-state index < -0.39 is 0 Å². The van der Waals surface area contributed by atoms with Crippen LogP contribution in [-0.4, -0.2) is 9.97 Å². The van der Waals surface area contributed by atoms with Crippen molar-refractivity contribution in [1.29, 1.82) is 0 Å². The highest BCUT2D eigenvalue weighted by molar-refractivity contribution is 7.26. The van der Waals surface area contributed by atoms with Crippen molar-refractivity contribution < 1.29 is 0 Å². The van der Waals surface area contributed by atoms with Crippen LogP contribution in [0.1, 0.15) is 0 Å². The van der Waals surface area contributed by atoms with Crippen molar-refractivity contribution in [3.8, 4) is 56.2 Å². The van der Waals surface area contributed by atoms with Crippen LogP contribution in [0.5, 0.6) is 0 Å². The number of hydrogen-bond donors (Lipinski definition) is 0. The predicted octanol–water partition coefficient (Wildman–Crippen LogP) is 13.5. The van der Waals surface area contributed by atoms with Gasteiger partial charge in [-0.05, 0) is 64.7 Å². The molecule has 10 aromatic rings. The van der Waals surface area contributed by atoms with Gasteiger partial charge in [0.05, 0.1) is 11.4 Å². The first-order valence-electron chi connectivity index (χ1n) is 16.7. The average molecular weight is 673 g/mol. The Morgan fingerprint density at radius 1 is 0.320 bits per heavy atom. The molecule has 0 unspecified atom stereocenters. The van der Waals surface area contributed by atoms with Crippen LogP contribution in [0.2, 0.25) is 0 Å². The van der Waals surface area contributed by atoms with Gasteiger partial charge in [0, 0.05) is 57.0 Å². The number of fused-ring (bicyclic) bond motifs is 6. The number of aromatic nitrogens is 2. The fraction of sp³-hybridized carbons (Fsp3) is 0. The summed E-state index contributed by atoms with van der Waals surface area (Å²) >= 11 is 3.70. The molecule has 7 aromatic carbocycles. The van der Waals surface area contributed by atoms with Crippen molar-refractivity contribution in [2.24, 2.45) is 0 Å². The first kappa shape index (κ1) is 29.0. The standard InChI is InChI=1S/C46H28N2S2/c1-2-12-29(13-3-1)46-47-38(32-16-8-14-30(26-32)34-20-10-24-42-44(34)36-18-4-6-22-40(36)49-42)28-39(48-46)33-17-9-15-31(27-33)35-21-11-25-43-45(35)37-19-5-7-23-41(37)50-43/h1-28H. The lowest BCUT2D eigenvalue weighted by Crippen LogP contribution is -1.96. The summed E-state index contributed by atoms with van der Waals surface area (Å²) in [5.41, 5.74) is 9.74. The van der Waals surface area contributed by atoms with Gasteiger partial charge < -0.3 is 0 Å². The SMILES string of the molecule is c1ccc(-c2nc(-c3cccc(-c4cccc5sc6ccccc6c45)c3)cc(-c3cccc(-c4cccc5sc6ccccc6c45)c3)n2)cc1. The van der Waals surface area contributed by atoms with E-state index in [0.717, 1.165) is 28.1 Å². The summed E-state index contributed by atoms with van der Waals surface area (Å²) in [7, 11) is 0. The van der Waals surface area contributed by atoms with Crippen molar-refractivity contribution in [2.45, 2.75) is 0 Å². The fourth-order valence-corrected chi connectivity index (χ4v) is 9.45. The Bertz CT molecular complexity index is 2710. The summed E-state index contributed by atoms with van der Waals surface area (Å²) in [6, 6.07) is 60.7. The minimum Gasteiger partial charge on any atom is -0.228 e. The van der Waals surface area contributed by atoms with Gasteiger partial charge >= 0.3 is 0 Å². The summed E-state index contributed by atoms with van der Waals surface area (Å²) in [6.45, 7) is 0. The topological polar surface area (TPSA) is 25.8 Å². The lowest BCUT2D eigenvalue weighted by molar-refractivity contribution is 1.18. The van der Waals surface area contributed by atoms with E-state index in [1.165, 1.54) is 62.6 Å². The van der Waals surface area contributed by atoms with Crippen molar-refractivity contribution in [1.82, 2.24) is 9.97 Å². The first-order chi connectivity index (χ1) is 24.8. The molecular formula is C46H28N2S2. The largest absolute Gasteiger partial charge is 0.228 e. The first-order valence-corrected chi connectivity index (χ1v) is 18.4. The number of rotatable bonds is 5. The number of benzene rings is 7. The van der Waals surface area contributed by atoms with Crippen LogP contribution in [0.4, 0.5) is 0 Å². The maximum atomic E-state index is 5.18. The van der Waals surface area contributed by atoms with Crippen LogP contribution in [0, 0.1) is 0 Å². The molecule has 0 aliphatic rings. The molecule has 2 nitrogen and oxygen atoms in total. The smallest absolute Gasteiger partial charge is 0.160 e. The quantitative estimate of drug-likeness (QED) is 0.182. The van der Waals surface area contributed by atoms with Gasteiger partial charge in [-0.15, -0.1) is 22.7 Å². The Morgan fingerprint density at radius 3 is 1.28 bits per heavy atom. The van der Waals surface area contributed by atoms with E-state index in [0.29, 0.717) is 5.82 Å². The van der Waals surface area contributed by atoms with Gasteiger partial charge in [-0.2, -0.15) is 0 Å². The van der Waals surface area contributed by atoms with Crippen molar-refractivity contribution in [2.75, 3.05) is 0 Å². The molecule has 0 fully saturated rings. The van der Waals surface area contributed by atoms with E-state index in [9.17, 15) is 0 Å². The van der Waals surface area contributed by atoms with E-state index in [2.05, 4.69) is 152 Å². The monoisotopic (exact) mass is 672 g/mol. The van der Waals surface area contributed by atoms with E-state index in [-0.39, 0.29) is 0 Å². The molecule has 0 aliphatic carbocycles. The normalized spacial score (nSPS) is 11.6. The molecule has 0 N–H and O–H groups in total. The lowest BCUT2D eigenvalue weighted by atomic mass is 9.96. The number of nitrogens with zero attached hydrogens (tertiary/aromatic N) is 2. The predicted molar refractivity (Wildman–Crippen MR) is 215 cm³/mol. The molecule has 0 bridgehead atoms. The molecule has 0 saturated carbocycles. The Morgan fingerprint density at radius 2 is 0.740 bits per heavy atom. The molecule has 0 radical (unpaired) electrons. The Kier molecular flexibility index (Phi) is 6.90. The summed E-state index contributed by atoms with van der Waals surface area (Å²) in [6.07, 6.45) is 0. The minimum absolute atomic E-state index is 0.714. The molecule has 3 aromatic heterocycles. The summed E-state index contributed by atoms with van der Waals surface area (Å²) in [5.74, 6) is 0.714. The summed E-state index contributed by atoms with van der Waals surface area (Å²) in [5, 5.41) is 5.22.